The molecule has 1 aliphatic rings. The van der Waals surface area contributed by atoms with Crippen molar-refractivity contribution in [3.05, 3.63) is 87.2 Å². The molecule has 160 valence electrons. The summed E-state index contributed by atoms with van der Waals surface area (Å²) in [6.45, 7) is 3.50. The number of hydrazone groups is 1. The first-order valence-corrected chi connectivity index (χ1v) is 9.55. The van der Waals surface area contributed by atoms with E-state index in [-0.39, 0.29) is 11.3 Å². The number of aromatic carboxylic acids is 1. The molecule has 2 heterocycles. The number of nitro groups is 1. The van der Waals surface area contributed by atoms with Gasteiger partial charge in [0.25, 0.3) is 11.6 Å². The van der Waals surface area contributed by atoms with Gasteiger partial charge in [0, 0.05) is 6.07 Å². The van der Waals surface area contributed by atoms with Gasteiger partial charge in [-0.1, -0.05) is 6.07 Å². The summed E-state index contributed by atoms with van der Waals surface area (Å²) >= 11 is 0. The summed E-state index contributed by atoms with van der Waals surface area (Å²) < 4.78 is 5.79. The van der Waals surface area contributed by atoms with E-state index in [0.29, 0.717) is 34.1 Å². The molecule has 1 aromatic heterocycles. The van der Waals surface area contributed by atoms with Gasteiger partial charge in [-0.25, -0.2) is 4.79 Å². The van der Waals surface area contributed by atoms with Crippen molar-refractivity contribution in [2.75, 3.05) is 5.01 Å². The smallest absolute Gasteiger partial charge is 0.335 e. The average molecular weight is 431 g/mol. The van der Waals surface area contributed by atoms with Crippen LogP contribution >= 0.6 is 0 Å². The van der Waals surface area contributed by atoms with Gasteiger partial charge in [-0.05, 0) is 68.0 Å². The van der Waals surface area contributed by atoms with Crippen LogP contribution in [0.25, 0.3) is 17.4 Å². The molecule has 0 fully saturated rings. The molecular formula is C23H17N3O6. The molecule has 32 heavy (non-hydrogen) atoms. The van der Waals surface area contributed by atoms with Gasteiger partial charge in [0.05, 0.1) is 33.0 Å². The van der Waals surface area contributed by atoms with Crippen LogP contribution in [0.4, 0.5) is 11.4 Å². The highest BCUT2D eigenvalue weighted by molar-refractivity contribution is 6.32. The van der Waals surface area contributed by atoms with Gasteiger partial charge in [0.15, 0.2) is 0 Å². The number of rotatable bonds is 5. The van der Waals surface area contributed by atoms with Crippen LogP contribution in [0.1, 0.15) is 28.6 Å². The number of hydrogen-bond donors (Lipinski definition) is 1. The highest BCUT2D eigenvalue weighted by atomic mass is 16.6. The van der Waals surface area contributed by atoms with Gasteiger partial charge in [0.1, 0.15) is 11.5 Å². The molecule has 9 heteroatoms. The Kier molecular flexibility index (Phi) is 5.15. The second-order valence-corrected chi connectivity index (χ2v) is 7.19. The fraction of sp³-hybridized carbons (Fsp3) is 0.0870. The molecule has 0 spiro atoms. The van der Waals surface area contributed by atoms with Gasteiger partial charge >= 0.3 is 5.97 Å². The zero-order valence-corrected chi connectivity index (χ0v) is 17.1. The molecule has 0 unspecified atom stereocenters. The topological polar surface area (TPSA) is 126 Å². The number of carboxylic acid groups (broad SMARTS) is 1. The Bertz CT molecular complexity index is 1320. The monoisotopic (exact) mass is 431 g/mol. The molecular weight excluding hydrogens is 414 g/mol. The van der Waals surface area contributed by atoms with E-state index in [1.54, 1.807) is 31.2 Å². The normalized spacial score (nSPS) is 14.7. The van der Waals surface area contributed by atoms with Crippen molar-refractivity contribution in [2.45, 2.75) is 13.8 Å². The highest BCUT2D eigenvalue weighted by Gasteiger charge is 2.29. The summed E-state index contributed by atoms with van der Waals surface area (Å²) in [5, 5.41) is 25.8. The Balaban J connectivity index is 1.64. The van der Waals surface area contributed by atoms with Gasteiger partial charge in [-0.15, -0.1) is 0 Å². The van der Waals surface area contributed by atoms with Gasteiger partial charge in [-0.2, -0.15) is 10.1 Å². The van der Waals surface area contributed by atoms with Gasteiger partial charge < -0.3 is 9.52 Å². The minimum Gasteiger partial charge on any atom is -0.478 e. The number of furan rings is 1. The van der Waals surface area contributed by atoms with E-state index in [9.17, 15) is 19.7 Å². The third-order valence-corrected chi connectivity index (χ3v) is 4.95. The predicted molar refractivity (Wildman–Crippen MR) is 118 cm³/mol. The number of carbonyl (C=O) groups is 2. The number of nitrogens with zero attached hydrogens (tertiary/aromatic N) is 3. The van der Waals surface area contributed by atoms with E-state index in [1.165, 1.54) is 41.4 Å². The number of carbonyl (C=O) groups excluding carboxylic acids is 1. The van der Waals surface area contributed by atoms with E-state index < -0.39 is 16.8 Å². The Morgan fingerprint density at radius 1 is 1.12 bits per heavy atom. The first kappa shape index (κ1) is 20.7. The minimum absolute atomic E-state index is 0.0742. The van der Waals surface area contributed by atoms with Crippen LogP contribution in [0, 0.1) is 17.0 Å². The predicted octanol–water partition coefficient (Wildman–Crippen LogP) is 4.67. The van der Waals surface area contributed by atoms with Crippen molar-refractivity contribution >= 4 is 35.0 Å². The Morgan fingerprint density at radius 2 is 1.84 bits per heavy atom. The third-order valence-electron chi connectivity index (χ3n) is 4.95. The van der Waals surface area contributed by atoms with Crippen molar-refractivity contribution in [3.8, 4) is 11.3 Å². The number of hydrogen-bond acceptors (Lipinski definition) is 6. The molecule has 9 nitrogen and oxygen atoms in total. The summed E-state index contributed by atoms with van der Waals surface area (Å²) in [6, 6.07) is 13.8. The molecule has 0 atom stereocenters. The van der Waals surface area contributed by atoms with E-state index in [4.69, 9.17) is 9.52 Å². The fourth-order valence-electron chi connectivity index (χ4n) is 3.33. The van der Waals surface area contributed by atoms with E-state index >= 15 is 0 Å². The Hall–Kier alpha value is -4.53. The summed E-state index contributed by atoms with van der Waals surface area (Å²) in [7, 11) is 0. The minimum atomic E-state index is -1.06. The first-order valence-electron chi connectivity index (χ1n) is 9.55. The van der Waals surface area contributed by atoms with E-state index in [0.717, 1.165) is 5.56 Å². The molecule has 0 bridgehead atoms. The molecule has 0 saturated carbocycles. The fourth-order valence-corrected chi connectivity index (χ4v) is 3.33. The maximum atomic E-state index is 12.9. The summed E-state index contributed by atoms with van der Waals surface area (Å²) in [5.41, 5.74) is 2.41. The van der Waals surface area contributed by atoms with Gasteiger partial charge in [0.2, 0.25) is 0 Å². The van der Waals surface area contributed by atoms with Crippen LogP contribution in [0.15, 0.2) is 69.7 Å². The lowest BCUT2D eigenvalue weighted by Gasteiger charge is -2.11. The maximum absolute atomic E-state index is 12.9. The van der Waals surface area contributed by atoms with Crippen molar-refractivity contribution in [1.82, 2.24) is 0 Å². The van der Waals surface area contributed by atoms with Crippen LogP contribution in [0.3, 0.4) is 0 Å². The number of carboxylic acids is 1. The van der Waals surface area contributed by atoms with Crippen LogP contribution in [0.5, 0.6) is 0 Å². The lowest BCUT2D eigenvalue weighted by Crippen LogP contribution is -2.21. The number of nitro benzene ring substituents is 1. The number of anilines is 1. The standard InChI is InChI=1S/C23H17N3O6/c1-13-3-9-20(26(30)31)19(11-13)21-10-8-17(32-21)12-18-14(2)24-25(22(18)27)16-6-4-15(5-7-16)23(28)29/h3-12H,1-2H3,(H,28,29)/b18-12-. The van der Waals surface area contributed by atoms with E-state index in [2.05, 4.69) is 5.10 Å². The summed E-state index contributed by atoms with van der Waals surface area (Å²) in [5.74, 6) is -0.803. The van der Waals surface area contributed by atoms with Crippen LogP contribution < -0.4 is 5.01 Å². The third kappa shape index (κ3) is 3.79. The second kappa shape index (κ2) is 7.95. The molecule has 2 aromatic carbocycles. The zero-order valence-electron chi connectivity index (χ0n) is 17.1. The average Bonchev–Trinajstić information content (AvgIpc) is 3.34. The number of benzene rings is 2. The van der Waals surface area contributed by atoms with E-state index in [1.807, 2.05) is 6.92 Å². The first-order chi connectivity index (χ1) is 15.2. The van der Waals surface area contributed by atoms with Crippen LogP contribution in [-0.2, 0) is 4.79 Å². The zero-order chi connectivity index (χ0) is 23.0. The summed E-state index contributed by atoms with van der Waals surface area (Å²) in [4.78, 5) is 34.8. The molecule has 0 saturated heterocycles. The van der Waals surface area contributed by atoms with Crippen LogP contribution in [0.2, 0.25) is 0 Å². The summed E-state index contributed by atoms with van der Waals surface area (Å²) in [6.07, 6.45) is 1.53. The second-order valence-electron chi connectivity index (χ2n) is 7.19. The van der Waals surface area contributed by atoms with Crippen molar-refractivity contribution < 1.29 is 24.0 Å². The lowest BCUT2D eigenvalue weighted by molar-refractivity contribution is -0.384. The Labute approximate surface area is 182 Å². The largest absolute Gasteiger partial charge is 0.478 e. The number of amides is 1. The molecule has 1 amide bonds. The SMILES string of the molecule is CC1=NN(c2ccc(C(=O)O)cc2)C(=O)/C1=C\c1ccc(-c2cc(C)ccc2[N+](=O)[O-])o1. The number of aryl methyl sites for hydroxylation is 1. The van der Waals surface area contributed by atoms with Crippen molar-refractivity contribution in [3.63, 3.8) is 0 Å². The van der Waals surface area contributed by atoms with Crippen LogP contribution in [-0.4, -0.2) is 27.6 Å². The quantitative estimate of drug-likeness (QED) is 0.355. The highest BCUT2D eigenvalue weighted by Crippen LogP contribution is 2.33. The molecule has 1 aliphatic heterocycles. The molecule has 1 N–H and O–H groups in total. The molecule has 0 radical (unpaired) electrons. The molecule has 4 rings (SSSR count). The van der Waals surface area contributed by atoms with Crippen molar-refractivity contribution in [1.29, 1.82) is 0 Å². The van der Waals surface area contributed by atoms with Gasteiger partial charge in [-0.3, -0.25) is 14.9 Å². The lowest BCUT2D eigenvalue weighted by atomic mass is 10.1. The Morgan fingerprint density at radius 3 is 2.50 bits per heavy atom. The molecule has 3 aromatic rings. The maximum Gasteiger partial charge on any atom is 0.335 e. The molecule has 0 aliphatic carbocycles. The van der Waals surface area contributed by atoms with Crippen molar-refractivity contribution in [2.24, 2.45) is 5.10 Å².